The average Bonchev–Trinajstić information content (AvgIpc) is 3.57. The van der Waals surface area contributed by atoms with E-state index in [0.29, 0.717) is 11.4 Å². The molecule has 1 N–H and O–H groups in total. The first-order valence-corrected chi connectivity index (χ1v) is 13.2. The minimum Gasteiger partial charge on any atom is -0.497 e. The first-order valence-electron chi connectivity index (χ1n) is 13.2. The van der Waals surface area contributed by atoms with Crippen molar-refractivity contribution in [3.8, 4) is 17.3 Å². The third kappa shape index (κ3) is 4.61. The molecular weight excluding hydrogens is 518 g/mol. The van der Waals surface area contributed by atoms with Crippen LogP contribution in [-0.4, -0.2) is 45.5 Å². The first-order chi connectivity index (χ1) is 20.0. The van der Waals surface area contributed by atoms with E-state index in [1.165, 1.54) is 7.11 Å². The summed E-state index contributed by atoms with van der Waals surface area (Å²) in [6, 6.07) is 27.6. The van der Waals surface area contributed by atoms with Crippen molar-refractivity contribution in [1.82, 2.24) is 19.2 Å². The van der Waals surface area contributed by atoms with E-state index < -0.39 is 12.0 Å². The highest BCUT2D eigenvalue weighted by atomic mass is 16.5. The molecule has 9 nitrogen and oxygen atoms in total. The van der Waals surface area contributed by atoms with Gasteiger partial charge in [0, 0.05) is 11.8 Å². The normalized spacial score (nSPS) is 14.0. The zero-order chi connectivity index (χ0) is 28.5. The molecule has 2 aromatic heterocycles. The van der Waals surface area contributed by atoms with Crippen LogP contribution < -0.4 is 10.1 Å². The van der Waals surface area contributed by atoms with Crippen molar-refractivity contribution in [3.63, 3.8) is 0 Å². The molecule has 9 heteroatoms. The van der Waals surface area contributed by atoms with Crippen molar-refractivity contribution in [2.24, 2.45) is 0 Å². The zero-order valence-corrected chi connectivity index (χ0v) is 22.9. The van der Waals surface area contributed by atoms with Gasteiger partial charge in [-0.15, -0.1) is 0 Å². The standard InChI is InChI=1S/C32H29N5O4/c1-21-26-20-36(32(39)33-27-16-8-7-15-25(27)31(38)41-3)29(22-11-9-14-24(19-22)40-2)28-17-10-18-35(28)30(26)37(34-21)23-12-5-4-6-13-23/h4-19,29H,20H2,1-3H3,(H,33,39). The predicted molar refractivity (Wildman–Crippen MR) is 155 cm³/mol. The predicted octanol–water partition coefficient (Wildman–Crippen LogP) is 5.90. The third-order valence-corrected chi connectivity index (χ3v) is 7.33. The number of aryl methyl sites for hydroxylation is 1. The van der Waals surface area contributed by atoms with Gasteiger partial charge in [-0.3, -0.25) is 0 Å². The number of esters is 1. The highest BCUT2D eigenvalue weighted by molar-refractivity contribution is 6.01. The number of urea groups is 1. The Morgan fingerprint density at radius 2 is 1.71 bits per heavy atom. The molecule has 0 saturated carbocycles. The van der Waals surface area contributed by atoms with E-state index in [1.54, 1.807) is 36.3 Å². The smallest absolute Gasteiger partial charge is 0.339 e. The van der Waals surface area contributed by atoms with E-state index >= 15 is 0 Å². The number of rotatable bonds is 5. The molecule has 0 saturated heterocycles. The molecule has 0 aliphatic carbocycles. The number of ether oxygens (including phenoxy) is 2. The average molecular weight is 548 g/mol. The number of nitrogens with zero attached hydrogens (tertiary/aromatic N) is 4. The quantitative estimate of drug-likeness (QED) is 0.277. The molecule has 2 amide bonds. The Morgan fingerprint density at radius 1 is 0.927 bits per heavy atom. The van der Waals surface area contributed by atoms with Crippen LogP contribution >= 0.6 is 0 Å². The van der Waals surface area contributed by atoms with E-state index in [2.05, 4.69) is 9.88 Å². The van der Waals surface area contributed by atoms with E-state index in [-0.39, 0.29) is 18.1 Å². The number of hydrogen-bond acceptors (Lipinski definition) is 5. The largest absolute Gasteiger partial charge is 0.497 e. The number of carbonyl (C=O) groups is 2. The Bertz CT molecular complexity index is 1740. The van der Waals surface area contributed by atoms with Crippen LogP contribution in [0, 0.1) is 6.92 Å². The summed E-state index contributed by atoms with van der Waals surface area (Å²) in [7, 11) is 2.94. The molecule has 1 aliphatic heterocycles. The van der Waals surface area contributed by atoms with Crippen molar-refractivity contribution in [1.29, 1.82) is 0 Å². The van der Waals surface area contributed by atoms with Crippen LogP contribution in [0.2, 0.25) is 0 Å². The molecule has 1 aliphatic rings. The lowest BCUT2D eigenvalue weighted by molar-refractivity contribution is 0.0602. The van der Waals surface area contributed by atoms with Gasteiger partial charge < -0.3 is 24.3 Å². The SMILES string of the molecule is COC(=O)c1ccccc1NC(=O)N1Cc2c(C)nn(-c3ccccc3)c2-n2cccc2C1c1cccc(OC)c1. The van der Waals surface area contributed by atoms with Gasteiger partial charge in [0.25, 0.3) is 0 Å². The molecule has 206 valence electrons. The van der Waals surface area contributed by atoms with Crippen molar-refractivity contribution >= 4 is 17.7 Å². The second-order valence-electron chi connectivity index (χ2n) is 9.71. The highest BCUT2D eigenvalue weighted by Gasteiger charge is 2.36. The molecule has 6 rings (SSSR count). The molecule has 0 radical (unpaired) electrons. The number of carbonyl (C=O) groups excluding carboxylic acids is 2. The van der Waals surface area contributed by atoms with Crippen molar-refractivity contribution in [2.75, 3.05) is 19.5 Å². The second-order valence-corrected chi connectivity index (χ2v) is 9.71. The van der Waals surface area contributed by atoms with E-state index in [1.807, 2.05) is 84.5 Å². The number of nitrogens with one attached hydrogen (secondary N) is 1. The maximum absolute atomic E-state index is 14.2. The van der Waals surface area contributed by atoms with Gasteiger partial charge in [0.1, 0.15) is 11.6 Å². The molecule has 3 heterocycles. The summed E-state index contributed by atoms with van der Waals surface area (Å²) in [6.07, 6.45) is 2.00. The molecule has 41 heavy (non-hydrogen) atoms. The molecule has 0 spiro atoms. The molecule has 0 bridgehead atoms. The van der Waals surface area contributed by atoms with Crippen molar-refractivity contribution in [2.45, 2.75) is 19.5 Å². The molecular formula is C32H29N5O4. The fourth-order valence-electron chi connectivity index (χ4n) is 5.38. The van der Waals surface area contributed by atoms with Crippen LogP contribution in [0.15, 0.2) is 97.2 Å². The highest BCUT2D eigenvalue weighted by Crippen LogP contribution is 2.39. The van der Waals surface area contributed by atoms with E-state index in [0.717, 1.165) is 34.0 Å². The lowest BCUT2D eigenvalue weighted by Crippen LogP contribution is -2.38. The Morgan fingerprint density at radius 3 is 2.49 bits per heavy atom. The number of aromatic nitrogens is 3. The van der Waals surface area contributed by atoms with Crippen molar-refractivity contribution < 1.29 is 19.1 Å². The molecule has 5 aromatic rings. The summed E-state index contributed by atoms with van der Waals surface area (Å²) in [5.41, 5.74) is 5.03. The van der Waals surface area contributed by atoms with E-state index in [4.69, 9.17) is 14.6 Å². The monoisotopic (exact) mass is 547 g/mol. The second kappa shape index (κ2) is 10.7. The zero-order valence-electron chi connectivity index (χ0n) is 22.9. The Balaban J connectivity index is 1.53. The Hall–Kier alpha value is -5.31. The minimum absolute atomic E-state index is 0.268. The summed E-state index contributed by atoms with van der Waals surface area (Å²) in [5, 5.41) is 7.87. The summed E-state index contributed by atoms with van der Waals surface area (Å²) < 4.78 is 14.5. The number of benzene rings is 3. The molecule has 0 fully saturated rings. The Kier molecular flexibility index (Phi) is 6.76. The van der Waals surface area contributed by atoms with Crippen LogP contribution in [0.3, 0.4) is 0 Å². The number of anilines is 1. The third-order valence-electron chi connectivity index (χ3n) is 7.33. The lowest BCUT2D eigenvalue weighted by atomic mass is 10.0. The number of para-hydroxylation sites is 2. The molecule has 3 aromatic carbocycles. The fourth-order valence-corrected chi connectivity index (χ4v) is 5.38. The number of fused-ring (bicyclic) bond motifs is 3. The van der Waals surface area contributed by atoms with Crippen LogP contribution in [0.1, 0.15) is 38.9 Å². The van der Waals surface area contributed by atoms with Gasteiger partial charge in [-0.05, 0) is 61.0 Å². The van der Waals surface area contributed by atoms with Gasteiger partial charge >= 0.3 is 12.0 Å². The van der Waals surface area contributed by atoms with Crippen LogP contribution in [0.4, 0.5) is 10.5 Å². The summed E-state index contributed by atoms with van der Waals surface area (Å²) in [6.45, 7) is 2.22. The molecule has 1 unspecified atom stereocenters. The number of amides is 2. The summed E-state index contributed by atoms with van der Waals surface area (Å²) in [4.78, 5) is 28.5. The van der Waals surface area contributed by atoms with E-state index in [9.17, 15) is 9.59 Å². The van der Waals surface area contributed by atoms with Gasteiger partial charge in [0.05, 0.1) is 55.1 Å². The lowest BCUT2D eigenvalue weighted by Gasteiger charge is -2.31. The number of hydrogen-bond donors (Lipinski definition) is 1. The van der Waals surface area contributed by atoms with Crippen LogP contribution in [-0.2, 0) is 11.3 Å². The van der Waals surface area contributed by atoms with Crippen LogP contribution in [0.5, 0.6) is 5.75 Å². The summed E-state index contributed by atoms with van der Waals surface area (Å²) >= 11 is 0. The topological polar surface area (TPSA) is 90.6 Å². The fraction of sp³-hybridized carbons (Fsp3) is 0.156. The van der Waals surface area contributed by atoms with Crippen LogP contribution in [0.25, 0.3) is 11.5 Å². The van der Waals surface area contributed by atoms with Gasteiger partial charge in [0.15, 0.2) is 0 Å². The minimum atomic E-state index is -0.530. The van der Waals surface area contributed by atoms with Gasteiger partial charge in [-0.1, -0.05) is 42.5 Å². The van der Waals surface area contributed by atoms with Gasteiger partial charge in [-0.2, -0.15) is 5.10 Å². The van der Waals surface area contributed by atoms with Crippen molar-refractivity contribution in [3.05, 3.63) is 125 Å². The first kappa shape index (κ1) is 25.9. The van der Waals surface area contributed by atoms with Gasteiger partial charge in [-0.25, -0.2) is 14.3 Å². The molecule has 1 atom stereocenters. The van der Waals surface area contributed by atoms with Gasteiger partial charge in [0.2, 0.25) is 0 Å². The Labute approximate surface area is 237 Å². The maximum atomic E-state index is 14.2. The summed E-state index contributed by atoms with van der Waals surface area (Å²) in [5.74, 6) is 1.02. The number of methoxy groups -OCH3 is 2. The maximum Gasteiger partial charge on any atom is 0.339 e.